The van der Waals surface area contributed by atoms with Gasteiger partial charge in [-0.15, -0.1) is 24.8 Å². The second-order valence-electron chi connectivity index (χ2n) is 6.66. The number of piperidine rings is 1. The first-order valence-corrected chi connectivity index (χ1v) is 9.42. The minimum atomic E-state index is -0.680. The topological polar surface area (TPSA) is 104 Å². The van der Waals surface area contributed by atoms with E-state index in [0.717, 1.165) is 41.5 Å². The minimum Gasteiger partial charge on any atom is -0.435 e. The van der Waals surface area contributed by atoms with Gasteiger partial charge in [-0.05, 0) is 31.9 Å². The van der Waals surface area contributed by atoms with Crippen molar-refractivity contribution in [2.24, 2.45) is 0 Å². The number of halogens is 2. The Labute approximate surface area is 187 Å². The zero-order valence-corrected chi connectivity index (χ0v) is 18.1. The number of hydrogen-bond acceptors (Lipinski definition) is 7. The predicted molar refractivity (Wildman–Crippen MR) is 120 cm³/mol. The van der Waals surface area contributed by atoms with E-state index >= 15 is 0 Å². The first-order chi connectivity index (χ1) is 13.7. The largest absolute Gasteiger partial charge is 0.509 e. The number of carbonyl (C=O) groups excluding carboxylic acids is 1. The Balaban J connectivity index is 0.00000160. The minimum absolute atomic E-state index is 0. The zero-order chi connectivity index (χ0) is 19.5. The van der Waals surface area contributed by atoms with E-state index in [1.807, 2.05) is 41.1 Å². The van der Waals surface area contributed by atoms with Crippen molar-refractivity contribution in [3.8, 4) is 11.1 Å². The summed E-state index contributed by atoms with van der Waals surface area (Å²) >= 11 is 0. The third-order valence-corrected chi connectivity index (χ3v) is 4.94. The number of ether oxygens (including phenoxy) is 2. The summed E-state index contributed by atoms with van der Waals surface area (Å²) in [6.07, 6.45) is 4.07. The number of hydrogen-bond donors (Lipinski definition) is 2. The third-order valence-electron chi connectivity index (χ3n) is 4.94. The molecule has 1 aromatic carbocycles. The molecule has 2 atom stereocenters. The molecule has 3 aromatic rings. The van der Waals surface area contributed by atoms with Gasteiger partial charge in [0.25, 0.3) is 0 Å². The molecular weight excluding hydrogens is 429 g/mol. The van der Waals surface area contributed by atoms with Crippen molar-refractivity contribution >= 4 is 47.8 Å². The third kappa shape index (κ3) is 4.61. The van der Waals surface area contributed by atoms with Crippen LogP contribution in [0.25, 0.3) is 22.2 Å². The van der Waals surface area contributed by atoms with Gasteiger partial charge in [0.1, 0.15) is 17.8 Å². The maximum absolute atomic E-state index is 11.9. The fourth-order valence-electron chi connectivity index (χ4n) is 3.70. The molecule has 1 aliphatic rings. The lowest BCUT2D eigenvalue weighted by Crippen LogP contribution is -2.45. The first kappa shape index (κ1) is 23.7. The van der Waals surface area contributed by atoms with Gasteiger partial charge in [-0.3, -0.25) is 5.32 Å². The van der Waals surface area contributed by atoms with Crippen LogP contribution in [0, 0.1) is 0 Å². The molecule has 30 heavy (non-hydrogen) atoms. The van der Waals surface area contributed by atoms with Crippen molar-refractivity contribution in [3.63, 3.8) is 0 Å². The van der Waals surface area contributed by atoms with Gasteiger partial charge in [0.2, 0.25) is 0 Å². The highest BCUT2D eigenvalue weighted by molar-refractivity contribution is 6.00. The molecule has 3 heterocycles. The maximum atomic E-state index is 11.9. The van der Waals surface area contributed by atoms with E-state index in [2.05, 4.69) is 15.3 Å². The highest BCUT2D eigenvalue weighted by atomic mass is 35.5. The van der Waals surface area contributed by atoms with Gasteiger partial charge in [-0.25, -0.2) is 14.8 Å². The number of rotatable bonds is 4. The van der Waals surface area contributed by atoms with Crippen molar-refractivity contribution in [1.29, 1.82) is 0 Å². The molecule has 0 aliphatic carbocycles. The standard InChI is InChI=1S/C20H23N5O3.2ClH/c1-2-27-20(26)28-19-15(9-6-10-22-19)25-11-14(13-7-4-3-5-8-13)16-17(21)23-12-24-18(16)25;;/h3-5,7-8,11-12,15,19,22H,2,6,9-10H2,1H3,(H2,21,23,24);2*1H. The summed E-state index contributed by atoms with van der Waals surface area (Å²) in [6, 6.07) is 9.85. The number of aromatic nitrogens is 3. The van der Waals surface area contributed by atoms with E-state index < -0.39 is 12.4 Å². The quantitative estimate of drug-likeness (QED) is 0.576. The molecule has 2 aromatic heterocycles. The lowest BCUT2D eigenvalue weighted by Gasteiger charge is -2.32. The van der Waals surface area contributed by atoms with Crippen molar-refractivity contribution < 1.29 is 14.3 Å². The maximum Gasteiger partial charge on any atom is 0.509 e. The Morgan fingerprint density at radius 3 is 2.77 bits per heavy atom. The van der Waals surface area contributed by atoms with Crippen LogP contribution < -0.4 is 11.1 Å². The number of nitrogen functional groups attached to an aromatic ring is 1. The molecule has 0 spiro atoms. The second-order valence-corrected chi connectivity index (χ2v) is 6.66. The van der Waals surface area contributed by atoms with Gasteiger partial charge in [-0.1, -0.05) is 30.3 Å². The number of nitrogens with two attached hydrogens (primary N) is 1. The van der Waals surface area contributed by atoms with Crippen molar-refractivity contribution in [3.05, 3.63) is 42.9 Å². The van der Waals surface area contributed by atoms with E-state index in [1.54, 1.807) is 6.92 Å². The summed E-state index contributed by atoms with van der Waals surface area (Å²) in [5.41, 5.74) is 8.91. The Kier molecular flexibility index (Phi) is 8.28. The van der Waals surface area contributed by atoms with Gasteiger partial charge < -0.3 is 19.8 Å². The van der Waals surface area contributed by atoms with E-state index in [-0.39, 0.29) is 37.5 Å². The van der Waals surface area contributed by atoms with Crippen molar-refractivity contribution in [1.82, 2.24) is 19.9 Å². The number of benzene rings is 1. The Hall–Kier alpha value is -2.55. The lowest BCUT2D eigenvalue weighted by atomic mass is 10.1. The molecule has 1 fully saturated rings. The summed E-state index contributed by atoms with van der Waals surface area (Å²) in [4.78, 5) is 20.6. The smallest absolute Gasteiger partial charge is 0.435 e. The molecule has 162 valence electrons. The van der Waals surface area contributed by atoms with E-state index in [4.69, 9.17) is 15.2 Å². The molecule has 4 rings (SSSR count). The zero-order valence-electron chi connectivity index (χ0n) is 16.5. The number of nitrogens with zero attached hydrogens (tertiary/aromatic N) is 3. The first-order valence-electron chi connectivity index (χ1n) is 9.42. The van der Waals surface area contributed by atoms with Gasteiger partial charge >= 0.3 is 6.16 Å². The number of fused-ring (bicyclic) bond motifs is 1. The summed E-state index contributed by atoms with van der Waals surface area (Å²) < 4.78 is 12.5. The van der Waals surface area contributed by atoms with E-state index in [0.29, 0.717) is 5.82 Å². The summed E-state index contributed by atoms with van der Waals surface area (Å²) in [6.45, 7) is 2.78. The SMILES string of the molecule is CCOC(=O)OC1NCCCC1n1cc(-c2ccccc2)c2c(N)ncnc21.Cl.Cl. The monoisotopic (exact) mass is 453 g/mol. The molecule has 1 aliphatic heterocycles. The molecule has 1 saturated heterocycles. The summed E-state index contributed by atoms with van der Waals surface area (Å²) in [5, 5.41) is 4.07. The van der Waals surface area contributed by atoms with Crippen molar-refractivity contribution in [2.75, 3.05) is 18.9 Å². The lowest BCUT2D eigenvalue weighted by molar-refractivity contribution is -0.0169. The van der Waals surface area contributed by atoms with Crippen LogP contribution in [0.4, 0.5) is 10.6 Å². The normalized spacial score (nSPS) is 18.2. The van der Waals surface area contributed by atoms with Crippen LogP contribution in [0.1, 0.15) is 25.8 Å². The van der Waals surface area contributed by atoms with Crippen LogP contribution in [0.2, 0.25) is 0 Å². The van der Waals surface area contributed by atoms with Crippen LogP contribution in [-0.2, 0) is 9.47 Å². The molecular formula is C20H25Cl2N5O3. The van der Waals surface area contributed by atoms with Crippen LogP contribution in [0.5, 0.6) is 0 Å². The Morgan fingerprint density at radius 1 is 1.27 bits per heavy atom. The second kappa shape index (κ2) is 10.5. The average molecular weight is 454 g/mol. The Morgan fingerprint density at radius 2 is 2.03 bits per heavy atom. The fourth-order valence-corrected chi connectivity index (χ4v) is 3.70. The van der Waals surface area contributed by atoms with Gasteiger partial charge in [0, 0.05) is 11.8 Å². The van der Waals surface area contributed by atoms with Crippen LogP contribution in [-0.4, -0.2) is 40.1 Å². The van der Waals surface area contributed by atoms with Gasteiger partial charge in [-0.2, -0.15) is 0 Å². The predicted octanol–water partition coefficient (Wildman–Crippen LogP) is 3.95. The molecule has 0 bridgehead atoms. The molecule has 10 heteroatoms. The number of nitrogens with one attached hydrogen (secondary N) is 1. The Bertz CT molecular complexity index is 983. The number of carbonyl (C=O) groups is 1. The fraction of sp³-hybridized carbons (Fsp3) is 0.350. The molecule has 8 nitrogen and oxygen atoms in total. The van der Waals surface area contributed by atoms with Gasteiger partial charge in [0.15, 0.2) is 6.23 Å². The highest BCUT2D eigenvalue weighted by Gasteiger charge is 2.32. The molecule has 0 amide bonds. The molecule has 0 radical (unpaired) electrons. The van der Waals surface area contributed by atoms with E-state index in [1.165, 1.54) is 6.33 Å². The molecule has 0 saturated carbocycles. The average Bonchev–Trinajstić information content (AvgIpc) is 3.10. The number of anilines is 1. The summed E-state index contributed by atoms with van der Waals surface area (Å²) in [7, 11) is 0. The highest BCUT2D eigenvalue weighted by Crippen LogP contribution is 2.36. The van der Waals surface area contributed by atoms with E-state index in [9.17, 15) is 4.79 Å². The van der Waals surface area contributed by atoms with Gasteiger partial charge in [0.05, 0.1) is 18.0 Å². The molecule has 2 unspecified atom stereocenters. The summed E-state index contributed by atoms with van der Waals surface area (Å²) in [5.74, 6) is 0.425. The van der Waals surface area contributed by atoms with Crippen LogP contribution >= 0.6 is 24.8 Å². The van der Waals surface area contributed by atoms with Crippen LogP contribution in [0.15, 0.2) is 42.9 Å². The van der Waals surface area contributed by atoms with Crippen LogP contribution in [0.3, 0.4) is 0 Å². The van der Waals surface area contributed by atoms with Crippen molar-refractivity contribution in [2.45, 2.75) is 32.0 Å². The molecule has 3 N–H and O–H groups in total.